The third kappa shape index (κ3) is 6.05. The zero-order chi connectivity index (χ0) is 32.5. The summed E-state index contributed by atoms with van der Waals surface area (Å²) < 4.78 is 2.88. The first-order chi connectivity index (χ1) is 22.1. The number of anilines is 3. The predicted octanol–water partition coefficient (Wildman–Crippen LogP) is 1.22. The molecule has 2 fully saturated rings. The molecule has 4 aromatic rings. The van der Waals surface area contributed by atoms with Gasteiger partial charge in [0.2, 0.25) is 23.5 Å². The quantitative estimate of drug-likeness (QED) is 0.311. The Morgan fingerprint density at radius 1 is 0.935 bits per heavy atom. The second kappa shape index (κ2) is 12.7. The second-order valence-corrected chi connectivity index (χ2v) is 11.6. The highest BCUT2D eigenvalue weighted by Crippen LogP contribution is 2.23. The fourth-order valence-electron chi connectivity index (χ4n) is 5.79. The number of pyridine rings is 1. The molecule has 0 radical (unpaired) electrons. The van der Waals surface area contributed by atoms with E-state index in [1.807, 2.05) is 9.80 Å². The van der Waals surface area contributed by atoms with E-state index in [2.05, 4.69) is 15.4 Å². The third-order valence-electron chi connectivity index (χ3n) is 8.31. The zero-order valence-electron chi connectivity index (χ0n) is 25.4. The van der Waals surface area contributed by atoms with Crippen molar-refractivity contribution in [3.05, 3.63) is 69.4 Å². The molecule has 46 heavy (non-hydrogen) atoms. The molecule has 16 heteroatoms. The van der Waals surface area contributed by atoms with E-state index in [4.69, 9.17) is 16.6 Å². The average molecular weight is 649 g/mol. The van der Waals surface area contributed by atoms with Crippen LogP contribution in [0.1, 0.15) is 23.0 Å². The maximum Gasteiger partial charge on any atom is 0.299 e. The molecule has 0 aliphatic carbocycles. The number of fused-ring (bicyclic) bond motifs is 1. The Labute approximate surface area is 268 Å². The molecule has 2 N–H and O–H groups in total. The molecular formula is C30H33ClN10O5. The number of nitrogens with zero attached hydrogens (tertiary/aromatic N) is 9. The number of hydrogen-bond acceptors (Lipinski definition) is 10. The summed E-state index contributed by atoms with van der Waals surface area (Å²) in [5.41, 5.74) is 1.21. The van der Waals surface area contributed by atoms with Crippen molar-refractivity contribution in [1.29, 1.82) is 0 Å². The number of halogens is 1. The number of hydrogen-bond donors (Lipinski definition) is 2. The maximum atomic E-state index is 14.0. The zero-order valence-corrected chi connectivity index (χ0v) is 26.1. The molecule has 0 atom stereocenters. The van der Waals surface area contributed by atoms with Crippen LogP contribution in [0.2, 0.25) is 5.02 Å². The van der Waals surface area contributed by atoms with Crippen LogP contribution in [0.15, 0.2) is 47.5 Å². The Hall–Kier alpha value is -5.18. The second-order valence-electron chi connectivity index (χ2n) is 11.2. The topological polar surface area (TPSA) is 162 Å². The number of carbonyl (C=O) groups is 3. The molecule has 240 valence electrons. The number of piperazine rings is 2. The molecule has 0 spiro atoms. The van der Waals surface area contributed by atoms with Crippen molar-refractivity contribution in [2.75, 3.05) is 67.5 Å². The highest BCUT2D eigenvalue weighted by atomic mass is 35.5. The molecule has 0 saturated carbocycles. The van der Waals surface area contributed by atoms with Crippen molar-refractivity contribution < 1.29 is 19.5 Å². The molecule has 0 unspecified atom stereocenters. The van der Waals surface area contributed by atoms with Crippen LogP contribution in [-0.2, 0) is 16.1 Å². The molecule has 2 aliphatic rings. The molecule has 0 bridgehead atoms. The van der Waals surface area contributed by atoms with Gasteiger partial charge in [-0.15, -0.1) is 5.10 Å². The summed E-state index contributed by atoms with van der Waals surface area (Å²) in [6.07, 6.45) is 2.67. The van der Waals surface area contributed by atoms with E-state index in [9.17, 15) is 24.3 Å². The molecule has 5 heterocycles. The first-order valence-corrected chi connectivity index (χ1v) is 15.2. The number of amides is 3. The van der Waals surface area contributed by atoms with Crippen molar-refractivity contribution in [1.82, 2.24) is 33.9 Å². The van der Waals surface area contributed by atoms with E-state index in [1.54, 1.807) is 45.6 Å². The van der Waals surface area contributed by atoms with Crippen LogP contribution in [0.5, 0.6) is 5.75 Å². The predicted molar refractivity (Wildman–Crippen MR) is 171 cm³/mol. The van der Waals surface area contributed by atoms with Crippen molar-refractivity contribution in [2.45, 2.75) is 20.4 Å². The maximum absolute atomic E-state index is 14.0. The Morgan fingerprint density at radius 2 is 1.59 bits per heavy atom. The van der Waals surface area contributed by atoms with Crippen molar-refractivity contribution >= 4 is 52.4 Å². The summed E-state index contributed by atoms with van der Waals surface area (Å²) in [6, 6.07) is 8.21. The highest BCUT2D eigenvalue weighted by Gasteiger charge is 2.30. The molecule has 3 aromatic heterocycles. The summed E-state index contributed by atoms with van der Waals surface area (Å²) in [5.74, 6) is -0.322. The van der Waals surface area contributed by atoms with E-state index >= 15 is 0 Å². The van der Waals surface area contributed by atoms with Crippen molar-refractivity contribution in [2.24, 2.45) is 0 Å². The van der Waals surface area contributed by atoms with Gasteiger partial charge in [-0.2, -0.15) is 9.50 Å². The van der Waals surface area contributed by atoms with E-state index in [0.717, 1.165) is 0 Å². The Bertz CT molecular complexity index is 1860. The minimum absolute atomic E-state index is 0.00589. The summed E-state index contributed by atoms with van der Waals surface area (Å²) in [4.78, 5) is 67.9. The van der Waals surface area contributed by atoms with E-state index < -0.39 is 5.56 Å². The molecule has 1 aromatic carbocycles. The Kier molecular flexibility index (Phi) is 8.49. The van der Waals surface area contributed by atoms with Crippen LogP contribution < -0.4 is 20.7 Å². The smallest absolute Gasteiger partial charge is 0.299 e. The lowest BCUT2D eigenvalue weighted by molar-refractivity contribution is -0.129. The van der Waals surface area contributed by atoms with Gasteiger partial charge in [0.25, 0.3) is 11.5 Å². The number of rotatable bonds is 6. The number of nitrogens with one attached hydrogen (secondary N) is 1. The highest BCUT2D eigenvalue weighted by molar-refractivity contribution is 6.30. The van der Waals surface area contributed by atoms with Crippen LogP contribution in [0.3, 0.4) is 0 Å². The van der Waals surface area contributed by atoms with Crippen molar-refractivity contribution in [3.8, 4) is 5.75 Å². The monoisotopic (exact) mass is 648 g/mol. The van der Waals surface area contributed by atoms with Gasteiger partial charge in [-0.05, 0) is 37.3 Å². The number of aromatic hydroxyl groups is 1. The fraction of sp³-hybridized carbons (Fsp3) is 0.367. The van der Waals surface area contributed by atoms with Gasteiger partial charge in [0.1, 0.15) is 18.0 Å². The standard InChI is InChI=1S/C30H33ClN10O5/c1-19-26(37-11-13-38(14-12-37)27(45)23-7-8-32-17-24(23)43)28(46)41-30(34-29(35-41)39-15-9-36(10-16-39)20(2)42)40(19)18-25(44)33-22-5-3-21(31)4-6-22/h3-8,17,43H,9-16,18H2,1-2H3,(H,33,44). The number of benzene rings is 1. The van der Waals surface area contributed by atoms with E-state index in [0.29, 0.717) is 80.4 Å². The normalized spacial score (nSPS) is 15.4. The van der Waals surface area contributed by atoms with Crippen LogP contribution in [0, 0.1) is 6.92 Å². The van der Waals surface area contributed by atoms with Gasteiger partial charge in [-0.1, -0.05) is 11.6 Å². The van der Waals surface area contributed by atoms with Crippen molar-refractivity contribution in [3.63, 3.8) is 0 Å². The number of carbonyl (C=O) groups excluding carboxylic acids is 3. The van der Waals surface area contributed by atoms with E-state index in [-0.39, 0.29) is 41.4 Å². The summed E-state index contributed by atoms with van der Waals surface area (Å²) in [6.45, 7) is 6.42. The summed E-state index contributed by atoms with van der Waals surface area (Å²) in [5, 5.41) is 18.1. The lowest BCUT2D eigenvalue weighted by atomic mass is 10.2. The first-order valence-electron chi connectivity index (χ1n) is 14.8. The van der Waals surface area contributed by atoms with Crippen LogP contribution >= 0.6 is 11.6 Å². The molecule has 2 aliphatic heterocycles. The minimum atomic E-state index is -0.394. The van der Waals surface area contributed by atoms with E-state index in [1.165, 1.54) is 29.9 Å². The van der Waals surface area contributed by atoms with Crippen LogP contribution in [0.25, 0.3) is 5.78 Å². The SMILES string of the molecule is CC(=O)N1CCN(c2nc3n(CC(=O)Nc4ccc(Cl)cc4)c(C)c(N4CCN(C(=O)c5ccncc5O)CC4)c(=O)n3n2)CC1. The van der Waals surface area contributed by atoms with Gasteiger partial charge >= 0.3 is 0 Å². The first kappa shape index (κ1) is 30.8. The number of aromatic nitrogens is 5. The Balaban J connectivity index is 1.31. The van der Waals surface area contributed by atoms with Crippen LogP contribution in [-0.4, -0.2) is 109 Å². The van der Waals surface area contributed by atoms with Gasteiger partial charge in [0.15, 0.2) is 0 Å². The lowest BCUT2D eigenvalue weighted by Crippen LogP contribution is -2.50. The molecule has 6 rings (SSSR count). The largest absolute Gasteiger partial charge is 0.505 e. The Morgan fingerprint density at radius 3 is 2.24 bits per heavy atom. The van der Waals surface area contributed by atoms with Gasteiger partial charge in [0.05, 0.1) is 11.8 Å². The van der Waals surface area contributed by atoms with Crippen LogP contribution in [0.4, 0.5) is 17.3 Å². The summed E-state index contributed by atoms with van der Waals surface area (Å²) in [7, 11) is 0. The molecule has 15 nitrogen and oxygen atoms in total. The van der Waals surface area contributed by atoms with Gasteiger partial charge in [-0.25, -0.2) is 0 Å². The third-order valence-corrected chi connectivity index (χ3v) is 8.57. The van der Waals surface area contributed by atoms with Gasteiger partial charge in [0, 0.05) is 81.9 Å². The molecule has 3 amide bonds. The van der Waals surface area contributed by atoms with Gasteiger partial charge in [-0.3, -0.25) is 24.2 Å². The molecular weight excluding hydrogens is 616 g/mol. The lowest BCUT2D eigenvalue weighted by Gasteiger charge is -2.36. The summed E-state index contributed by atoms with van der Waals surface area (Å²) >= 11 is 6.00. The minimum Gasteiger partial charge on any atom is -0.505 e. The van der Waals surface area contributed by atoms with Gasteiger partial charge < -0.3 is 34.6 Å². The average Bonchev–Trinajstić information content (AvgIpc) is 3.50. The fourth-order valence-corrected chi connectivity index (χ4v) is 5.92. The molecule has 2 saturated heterocycles.